The molecule has 0 aliphatic heterocycles. The van der Waals surface area contributed by atoms with Gasteiger partial charge in [-0.3, -0.25) is 0 Å². The highest BCUT2D eigenvalue weighted by molar-refractivity contribution is 6.11. The quantitative estimate of drug-likeness (QED) is 0.199. The topological polar surface area (TPSA) is 16.4 Å². The highest BCUT2D eigenvalue weighted by atomic mass is 16.3. The van der Waals surface area contributed by atoms with E-state index in [4.69, 9.17) is 4.42 Å². The van der Waals surface area contributed by atoms with E-state index in [1.165, 1.54) is 32.7 Å². The van der Waals surface area contributed by atoms with Gasteiger partial charge in [0.2, 0.25) is 0 Å². The van der Waals surface area contributed by atoms with Crippen LogP contribution in [0.1, 0.15) is 0 Å². The van der Waals surface area contributed by atoms with E-state index in [2.05, 4.69) is 169 Å². The fraction of sp³-hybridized carbons (Fsp3) is 0. The molecule has 0 saturated heterocycles. The van der Waals surface area contributed by atoms with Crippen LogP contribution in [-0.2, 0) is 0 Å². The Kier molecular flexibility index (Phi) is 6.17. The van der Waals surface area contributed by atoms with Crippen LogP contribution in [0, 0.1) is 0 Å². The van der Waals surface area contributed by atoms with Crippen molar-refractivity contribution in [3.05, 3.63) is 176 Å². The second-order valence-electron chi connectivity index (χ2n) is 11.7. The highest BCUT2D eigenvalue weighted by Gasteiger charge is 2.22. The molecule has 9 rings (SSSR count). The normalized spacial score (nSPS) is 11.5. The van der Waals surface area contributed by atoms with Crippen molar-refractivity contribution in [3.8, 4) is 22.3 Å². The highest BCUT2D eigenvalue weighted by Crippen LogP contribution is 2.46. The van der Waals surface area contributed by atoms with Gasteiger partial charge in [-0.05, 0) is 57.6 Å². The molecule has 0 spiro atoms. The van der Waals surface area contributed by atoms with Gasteiger partial charge in [-0.15, -0.1) is 0 Å². The minimum atomic E-state index is 0.899. The van der Waals surface area contributed by atoms with Crippen molar-refractivity contribution < 1.29 is 4.42 Å². The number of hydrogen-bond acceptors (Lipinski definition) is 2. The molecular formula is C44H29NO. The van der Waals surface area contributed by atoms with Gasteiger partial charge in [0.05, 0.1) is 11.4 Å². The monoisotopic (exact) mass is 587 g/mol. The summed E-state index contributed by atoms with van der Waals surface area (Å²) in [5.41, 5.74) is 9.67. The largest absolute Gasteiger partial charge is 0.455 e. The minimum Gasteiger partial charge on any atom is -0.455 e. The van der Waals surface area contributed by atoms with Crippen LogP contribution < -0.4 is 4.90 Å². The standard InChI is InChI=1S/C44H29NO/c1-3-19-34-30(13-1)15-10-23-35(34)32-17-9-18-33(29-32)45(41-27-11-16-31-14-2-4-20-36(31)41)42-26-7-5-21-37(42)39-24-12-25-40-38-22-6-8-28-43(38)46-44(39)40/h1-29H. The van der Waals surface area contributed by atoms with E-state index in [1.807, 2.05) is 12.1 Å². The van der Waals surface area contributed by atoms with E-state index in [-0.39, 0.29) is 0 Å². The van der Waals surface area contributed by atoms with Gasteiger partial charge in [0, 0.05) is 33.0 Å². The zero-order valence-corrected chi connectivity index (χ0v) is 25.1. The molecule has 0 aliphatic carbocycles. The number of fused-ring (bicyclic) bond motifs is 5. The molecule has 0 amide bonds. The molecule has 1 aromatic heterocycles. The lowest BCUT2D eigenvalue weighted by Gasteiger charge is -2.29. The van der Waals surface area contributed by atoms with Gasteiger partial charge >= 0.3 is 0 Å². The Bertz CT molecular complexity index is 2550. The second kappa shape index (κ2) is 10.8. The van der Waals surface area contributed by atoms with Crippen LogP contribution in [0.3, 0.4) is 0 Å². The van der Waals surface area contributed by atoms with Gasteiger partial charge in [0.25, 0.3) is 0 Å². The zero-order chi connectivity index (χ0) is 30.5. The predicted octanol–water partition coefficient (Wildman–Crippen LogP) is 12.7. The number of benzene rings is 8. The number of nitrogens with zero attached hydrogens (tertiary/aromatic N) is 1. The summed E-state index contributed by atoms with van der Waals surface area (Å²) in [4.78, 5) is 2.41. The van der Waals surface area contributed by atoms with Crippen LogP contribution in [0.4, 0.5) is 17.1 Å². The van der Waals surface area contributed by atoms with Gasteiger partial charge in [-0.25, -0.2) is 0 Å². The molecule has 0 fully saturated rings. The number of furan rings is 1. The summed E-state index contributed by atoms with van der Waals surface area (Å²) in [6.07, 6.45) is 0. The molecule has 8 aromatic carbocycles. The molecule has 9 aromatic rings. The summed E-state index contributed by atoms with van der Waals surface area (Å²) >= 11 is 0. The maximum atomic E-state index is 6.55. The third kappa shape index (κ3) is 4.27. The van der Waals surface area contributed by atoms with E-state index >= 15 is 0 Å². The lowest BCUT2D eigenvalue weighted by Crippen LogP contribution is -2.12. The Morgan fingerprint density at radius 1 is 0.370 bits per heavy atom. The van der Waals surface area contributed by atoms with Crippen LogP contribution >= 0.6 is 0 Å². The van der Waals surface area contributed by atoms with E-state index in [0.717, 1.165) is 50.1 Å². The van der Waals surface area contributed by atoms with Crippen LogP contribution in [0.2, 0.25) is 0 Å². The summed E-state index contributed by atoms with van der Waals surface area (Å²) in [5, 5.41) is 7.13. The third-order valence-electron chi connectivity index (χ3n) is 9.05. The average molecular weight is 588 g/mol. The van der Waals surface area contributed by atoms with E-state index < -0.39 is 0 Å². The van der Waals surface area contributed by atoms with Gasteiger partial charge in [-0.1, -0.05) is 146 Å². The van der Waals surface area contributed by atoms with Crippen molar-refractivity contribution in [3.63, 3.8) is 0 Å². The molecule has 0 bridgehead atoms. The molecule has 0 radical (unpaired) electrons. The Labute approximate surface area is 267 Å². The Morgan fingerprint density at radius 3 is 1.83 bits per heavy atom. The third-order valence-corrected chi connectivity index (χ3v) is 9.05. The molecular weight excluding hydrogens is 558 g/mol. The summed E-state index contributed by atoms with van der Waals surface area (Å²) in [5.74, 6) is 0. The number of para-hydroxylation sites is 3. The van der Waals surface area contributed by atoms with Crippen molar-refractivity contribution in [2.24, 2.45) is 0 Å². The van der Waals surface area contributed by atoms with Gasteiger partial charge in [-0.2, -0.15) is 0 Å². The van der Waals surface area contributed by atoms with E-state index in [1.54, 1.807) is 0 Å². The van der Waals surface area contributed by atoms with Crippen LogP contribution in [0.25, 0.3) is 65.7 Å². The summed E-state index contributed by atoms with van der Waals surface area (Å²) in [6, 6.07) is 62.7. The zero-order valence-electron chi connectivity index (χ0n) is 25.1. The Morgan fingerprint density at radius 2 is 0.935 bits per heavy atom. The van der Waals surface area contributed by atoms with Crippen molar-refractivity contribution in [2.75, 3.05) is 4.90 Å². The number of rotatable bonds is 5. The van der Waals surface area contributed by atoms with Crippen molar-refractivity contribution in [1.29, 1.82) is 0 Å². The van der Waals surface area contributed by atoms with Gasteiger partial charge in [0.15, 0.2) is 0 Å². The van der Waals surface area contributed by atoms with Gasteiger partial charge < -0.3 is 9.32 Å². The molecule has 216 valence electrons. The van der Waals surface area contributed by atoms with E-state index in [9.17, 15) is 0 Å². The molecule has 0 N–H and O–H groups in total. The second-order valence-corrected chi connectivity index (χ2v) is 11.7. The number of hydrogen-bond donors (Lipinski definition) is 0. The molecule has 1 heterocycles. The molecule has 0 saturated carbocycles. The summed E-state index contributed by atoms with van der Waals surface area (Å²) in [7, 11) is 0. The van der Waals surface area contributed by atoms with Crippen molar-refractivity contribution in [1.82, 2.24) is 0 Å². The Hall–Kier alpha value is -6.12. The summed E-state index contributed by atoms with van der Waals surface area (Å²) in [6.45, 7) is 0. The lowest BCUT2D eigenvalue weighted by atomic mass is 9.96. The lowest BCUT2D eigenvalue weighted by molar-refractivity contribution is 0.670. The van der Waals surface area contributed by atoms with Crippen LogP contribution in [0.5, 0.6) is 0 Å². The van der Waals surface area contributed by atoms with Crippen molar-refractivity contribution >= 4 is 60.5 Å². The molecule has 2 heteroatoms. The van der Waals surface area contributed by atoms with E-state index in [0.29, 0.717) is 0 Å². The fourth-order valence-electron chi connectivity index (χ4n) is 6.96. The minimum absolute atomic E-state index is 0.899. The van der Waals surface area contributed by atoms with Crippen molar-refractivity contribution in [2.45, 2.75) is 0 Å². The first kappa shape index (κ1) is 26.3. The summed E-state index contributed by atoms with van der Waals surface area (Å²) < 4.78 is 6.55. The fourth-order valence-corrected chi connectivity index (χ4v) is 6.96. The first-order valence-electron chi connectivity index (χ1n) is 15.7. The molecule has 46 heavy (non-hydrogen) atoms. The van der Waals surface area contributed by atoms with Gasteiger partial charge in [0.1, 0.15) is 11.2 Å². The maximum absolute atomic E-state index is 6.55. The van der Waals surface area contributed by atoms with Crippen LogP contribution in [-0.4, -0.2) is 0 Å². The predicted molar refractivity (Wildman–Crippen MR) is 194 cm³/mol. The number of anilines is 3. The molecule has 0 aliphatic rings. The molecule has 0 unspecified atom stereocenters. The molecule has 2 nitrogen and oxygen atoms in total. The smallest absolute Gasteiger partial charge is 0.143 e. The first-order chi connectivity index (χ1) is 22.8. The first-order valence-corrected chi connectivity index (χ1v) is 15.7. The maximum Gasteiger partial charge on any atom is 0.143 e. The average Bonchev–Trinajstić information content (AvgIpc) is 3.51. The SMILES string of the molecule is c1cc(-c2cccc3ccccc23)cc(N(c2ccccc2-c2cccc3c2oc2ccccc23)c2cccc3ccccc23)c1. The Balaban J connectivity index is 1.31. The molecule has 0 atom stereocenters. The van der Waals surface area contributed by atoms with Crippen LogP contribution in [0.15, 0.2) is 180 Å².